The highest BCUT2D eigenvalue weighted by Crippen LogP contribution is 2.14. The van der Waals surface area contributed by atoms with Crippen LogP contribution >= 0.6 is 0 Å². The van der Waals surface area contributed by atoms with Crippen LogP contribution in [0.5, 0.6) is 0 Å². The zero-order valence-electron chi connectivity index (χ0n) is 8.83. The van der Waals surface area contributed by atoms with Crippen LogP contribution in [-0.2, 0) is 6.42 Å². The molecule has 0 bridgehead atoms. The molecule has 0 aliphatic carbocycles. The topological polar surface area (TPSA) is 93.6 Å². The molecular formula is C9H19N5. The van der Waals surface area contributed by atoms with Crippen LogP contribution in [-0.4, -0.2) is 21.7 Å². The van der Waals surface area contributed by atoms with Gasteiger partial charge in [-0.05, 0) is 24.8 Å². The summed E-state index contributed by atoms with van der Waals surface area (Å²) < 4.78 is 0. The minimum atomic E-state index is 0.306. The number of nitrogens with one attached hydrogen (secondary N) is 1. The number of aromatic nitrogens is 3. The number of anilines is 1. The van der Waals surface area contributed by atoms with Crippen LogP contribution in [0.1, 0.15) is 26.1 Å². The molecule has 5 N–H and O–H groups in total. The van der Waals surface area contributed by atoms with Gasteiger partial charge in [-0.1, -0.05) is 13.8 Å². The zero-order valence-corrected chi connectivity index (χ0v) is 8.83. The van der Waals surface area contributed by atoms with Crippen molar-refractivity contribution in [3.63, 3.8) is 0 Å². The highest BCUT2D eigenvalue weighted by molar-refractivity contribution is 5.12. The van der Waals surface area contributed by atoms with E-state index >= 15 is 0 Å². The fourth-order valence-corrected chi connectivity index (χ4v) is 1.60. The summed E-state index contributed by atoms with van der Waals surface area (Å²) in [6.07, 6.45) is 1.94. The normalized spacial score (nSPS) is 13.4. The first-order valence-corrected chi connectivity index (χ1v) is 4.98. The minimum absolute atomic E-state index is 0.306. The summed E-state index contributed by atoms with van der Waals surface area (Å²) in [6, 6.07) is 0. The predicted molar refractivity (Wildman–Crippen MR) is 56.5 cm³/mol. The van der Waals surface area contributed by atoms with Gasteiger partial charge < -0.3 is 11.5 Å². The summed E-state index contributed by atoms with van der Waals surface area (Å²) in [7, 11) is 0. The summed E-state index contributed by atoms with van der Waals surface area (Å²) in [4.78, 5) is 4.06. The number of rotatable bonds is 5. The van der Waals surface area contributed by atoms with E-state index in [1.165, 1.54) is 0 Å². The second-order valence-electron chi connectivity index (χ2n) is 4.08. The molecule has 5 nitrogen and oxygen atoms in total. The van der Waals surface area contributed by atoms with Crippen molar-refractivity contribution >= 4 is 5.95 Å². The van der Waals surface area contributed by atoms with Crippen molar-refractivity contribution in [3.8, 4) is 0 Å². The Balaban J connectivity index is 2.48. The number of hydrogen-bond acceptors (Lipinski definition) is 4. The molecule has 1 heterocycles. The van der Waals surface area contributed by atoms with Gasteiger partial charge in [-0.25, -0.2) is 0 Å². The van der Waals surface area contributed by atoms with Crippen molar-refractivity contribution in [1.29, 1.82) is 0 Å². The lowest BCUT2D eigenvalue weighted by Crippen LogP contribution is -2.19. The van der Waals surface area contributed by atoms with Crippen molar-refractivity contribution < 1.29 is 0 Å². The average molecular weight is 197 g/mol. The van der Waals surface area contributed by atoms with Gasteiger partial charge in [0, 0.05) is 6.42 Å². The third-order valence-electron chi connectivity index (χ3n) is 2.17. The van der Waals surface area contributed by atoms with Gasteiger partial charge in [0.15, 0.2) is 0 Å². The number of nitrogen functional groups attached to an aromatic ring is 1. The molecule has 14 heavy (non-hydrogen) atoms. The molecule has 1 aromatic rings. The first kappa shape index (κ1) is 11.0. The van der Waals surface area contributed by atoms with Crippen molar-refractivity contribution in [2.45, 2.75) is 26.7 Å². The molecule has 1 rings (SSSR count). The van der Waals surface area contributed by atoms with Crippen LogP contribution < -0.4 is 11.5 Å². The van der Waals surface area contributed by atoms with Gasteiger partial charge in [0.1, 0.15) is 5.82 Å². The average Bonchev–Trinajstić information content (AvgIpc) is 2.49. The van der Waals surface area contributed by atoms with Crippen molar-refractivity contribution in [2.24, 2.45) is 17.6 Å². The van der Waals surface area contributed by atoms with E-state index in [1.807, 2.05) is 0 Å². The minimum Gasteiger partial charge on any atom is -0.367 e. The van der Waals surface area contributed by atoms with E-state index in [-0.39, 0.29) is 0 Å². The largest absolute Gasteiger partial charge is 0.367 e. The van der Waals surface area contributed by atoms with Crippen LogP contribution in [0.15, 0.2) is 0 Å². The van der Waals surface area contributed by atoms with E-state index in [0.29, 0.717) is 24.3 Å². The Morgan fingerprint density at radius 1 is 1.43 bits per heavy atom. The molecule has 0 aromatic carbocycles. The SMILES string of the molecule is CC(C)C[C@H](CN)Cc1nc(N)n[nH]1. The molecule has 1 aromatic heterocycles. The first-order chi connectivity index (χ1) is 6.61. The fraction of sp³-hybridized carbons (Fsp3) is 0.778. The fourth-order valence-electron chi connectivity index (χ4n) is 1.60. The van der Waals surface area contributed by atoms with E-state index in [1.54, 1.807) is 0 Å². The van der Waals surface area contributed by atoms with Gasteiger partial charge in [-0.2, -0.15) is 4.98 Å². The van der Waals surface area contributed by atoms with Crippen LogP contribution in [0.2, 0.25) is 0 Å². The molecular weight excluding hydrogens is 178 g/mol. The summed E-state index contributed by atoms with van der Waals surface area (Å²) in [5.41, 5.74) is 11.1. The van der Waals surface area contributed by atoms with Gasteiger partial charge in [0.25, 0.3) is 0 Å². The van der Waals surface area contributed by atoms with Gasteiger partial charge >= 0.3 is 0 Å². The van der Waals surface area contributed by atoms with E-state index in [9.17, 15) is 0 Å². The highest BCUT2D eigenvalue weighted by atomic mass is 15.3. The number of hydrogen-bond donors (Lipinski definition) is 3. The second-order valence-corrected chi connectivity index (χ2v) is 4.08. The number of H-pyrrole nitrogens is 1. The first-order valence-electron chi connectivity index (χ1n) is 4.98. The maximum Gasteiger partial charge on any atom is 0.239 e. The van der Waals surface area contributed by atoms with Gasteiger partial charge in [-0.15, -0.1) is 5.10 Å². The Morgan fingerprint density at radius 3 is 2.57 bits per heavy atom. The Labute approximate surface area is 84.3 Å². The Bertz CT molecular complexity index is 268. The molecule has 0 unspecified atom stereocenters. The molecule has 0 amide bonds. The molecule has 80 valence electrons. The number of nitrogens with two attached hydrogens (primary N) is 2. The molecule has 0 fully saturated rings. The summed E-state index contributed by atoms with van der Waals surface area (Å²) in [5.74, 6) is 2.25. The smallest absolute Gasteiger partial charge is 0.239 e. The molecule has 1 atom stereocenters. The standard InChI is InChI=1S/C9H19N5/c1-6(2)3-7(5-10)4-8-12-9(11)14-13-8/h6-7H,3-5,10H2,1-2H3,(H3,11,12,13,14)/t7-/m0/s1. The summed E-state index contributed by atoms with van der Waals surface area (Å²) in [5, 5.41) is 6.59. The van der Waals surface area contributed by atoms with Crippen molar-refractivity contribution in [1.82, 2.24) is 15.2 Å². The molecule has 0 saturated heterocycles. The van der Waals surface area contributed by atoms with Crippen LogP contribution in [0, 0.1) is 11.8 Å². The van der Waals surface area contributed by atoms with E-state index in [4.69, 9.17) is 11.5 Å². The quantitative estimate of drug-likeness (QED) is 0.642. The van der Waals surface area contributed by atoms with Crippen LogP contribution in [0.25, 0.3) is 0 Å². The zero-order chi connectivity index (χ0) is 10.6. The van der Waals surface area contributed by atoms with Crippen molar-refractivity contribution in [2.75, 3.05) is 12.3 Å². The van der Waals surface area contributed by atoms with Crippen molar-refractivity contribution in [3.05, 3.63) is 5.82 Å². The van der Waals surface area contributed by atoms with E-state index < -0.39 is 0 Å². The maximum absolute atomic E-state index is 5.68. The molecule has 0 aliphatic rings. The van der Waals surface area contributed by atoms with Gasteiger partial charge in [-0.3, -0.25) is 5.10 Å². The highest BCUT2D eigenvalue weighted by Gasteiger charge is 2.12. The third kappa shape index (κ3) is 3.33. The lowest BCUT2D eigenvalue weighted by Gasteiger charge is -2.14. The summed E-state index contributed by atoms with van der Waals surface area (Å²) >= 11 is 0. The van der Waals surface area contributed by atoms with Crippen LogP contribution in [0.4, 0.5) is 5.95 Å². The van der Waals surface area contributed by atoms with E-state index in [2.05, 4.69) is 29.0 Å². The lowest BCUT2D eigenvalue weighted by atomic mass is 9.94. The molecule has 0 radical (unpaired) electrons. The summed E-state index contributed by atoms with van der Waals surface area (Å²) in [6.45, 7) is 5.06. The Kier molecular flexibility index (Phi) is 3.88. The number of nitrogens with zero attached hydrogens (tertiary/aromatic N) is 2. The number of aromatic amines is 1. The molecule has 0 aliphatic heterocycles. The van der Waals surface area contributed by atoms with Gasteiger partial charge in [0.2, 0.25) is 5.95 Å². The Morgan fingerprint density at radius 2 is 2.14 bits per heavy atom. The monoisotopic (exact) mass is 197 g/mol. The molecule has 0 spiro atoms. The predicted octanol–water partition coefficient (Wildman–Crippen LogP) is 0.550. The third-order valence-corrected chi connectivity index (χ3v) is 2.17. The molecule has 0 saturated carbocycles. The molecule has 5 heteroatoms. The van der Waals surface area contributed by atoms with E-state index in [0.717, 1.165) is 18.7 Å². The second kappa shape index (κ2) is 4.95. The van der Waals surface area contributed by atoms with Gasteiger partial charge in [0.05, 0.1) is 0 Å². The maximum atomic E-state index is 5.68. The Hall–Kier alpha value is -1.10. The van der Waals surface area contributed by atoms with Crippen LogP contribution in [0.3, 0.4) is 0 Å². The lowest BCUT2D eigenvalue weighted by molar-refractivity contribution is 0.409.